The number of benzene rings is 2. The Morgan fingerprint density at radius 1 is 1.06 bits per heavy atom. The summed E-state index contributed by atoms with van der Waals surface area (Å²) in [5.41, 5.74) is 2.27. The summed E-state index contributed by atoms with van der Waals surface area (Å²) in [5.74, 6) is 1.43. The highest BCUT2D eigenvalue weighted by atomic mass is 32.1. The molecule has 3 aromatic rings. The Kier molecular flexibility index (Phi) is 7.97. The second-order valence-corrected chi connectivity index (χ2v) is 9.19. The van der Waals surface area contributed by atoms with Crippen LogP contribution in [-0.2, 0) is 11.3 Å². The molecule has 9 heteroatoms. The van der Waals surface area contributed by atoms with Gasteiger partial charge in [-0.1, -0.05) is 26.0 Å². The first-order valence-corrected chi connectivity index (χ1v) is 12.1. The average molecular weight is 485 g/mol. The number of hydrogen-bond donors (Lipinski definition) is 3. The van der Waals surface area contributed by atoms with Crippen molar-refractivity contribution in [3.8, 4) is 28.6 Å². The smallest absolute Gasteiger partial charge is 0.188 e. The van der Waals surface area contributed by atoms with E-state index in [-0.39, 0.29) is 17.4 Å². The van der Waals surface area contributed by atoms with E-state index in [1.165, 1.54) is 6.07 Å². The summed E-state index contributed by atoms with van der Waals surface area (Å²) < 4.78 is 13.1. The number of phenolic OH excluding ortho intramolecular Hbond substituents is 2. The fourth-order valence-electron chi connectivity index (χ4n) is 4.05. The maximum Gasteiger partial charge on any atom is 0.188 e. The zero-order valence-corrected chi connectivity index (χ0v) is 20.5. The van der Waals surface area contributed by atoms with E-state index in [4.69, 9.17) is 9.47 Å². The van der Waals surface area contributed by atoms with Gasteiger partial charge in [-0.2, -0.15) is 0 Å². The quantitative estimate of drug-likeness (QED) is 0.313. The molecular formula is C25H32N4O4S. The Bertz CT molecular complexity index is 1100. The summed E-state index contributed by atoms with van der Waals surface area (Å²) in [6, 6.07) is 11.0. The largest absolute Gasteiger partial charge is 0.508 e. The predicted molar refractivity (Wildman–Crippen MR) is 133 cm³/mol. The minimum atomic E-state index is -0.0512. The van der Waals surface area contributed by atoms with Gasteiger partial charge >= 0.3 is 0 Å². The van der Waals surface area contributed by atoms with E-state index >= 15 is 0 Å². The molecule has 1 saturated heterocycles. The molecule has 0 unspecified atom stereocenters. The van der Waals surface area contributed by atoms with Gasteiger partial charge in [-0.05, 0) is 41.7 Å². The van der Waals surface area contributed by atoms with Gasteiger partial charge in [0, 0.05) is 25.7 Å². The molecule has 1 fully saturated rings. The first-order valence-electron chi connectivity index (χ1n) is 11.6. The van der Waals surface area contributed by atoms with Crippen LogP contribution in [0.15, 0.2) is 41.6 Å². The number of phenols is 2. The lowest BCUT2D eigenvalue weighted by atomic mass is 9.98. The fourth-order valence-corrected chi connectivity index (χ4v) is 4.26. The topological polar surface area (TPSA) is 92.9 Å². The Balaban J connectivity index is 1.41. The highest BCUT2D eigenvalue weighted by Gasteiger charge is 2.19. The van der Waals surface area contributed by atoms with Gasteiger partial charge in [0.25, 0.3) is 0 Å². The van der Waals surface area contributed by atoms with Gasteiger partial charge < -0.3 is 19.7 Å². The van der Waals surface area contributed by atoms with Crippen LogP contribution in [0.3, 0.4) is 0 Å². The molecule has 1 aliphatic heterocycles. The van der Waals surface area contributed by atoms with Crippen molar-refractivity contribution >= 4 is 12.6 Å². The Morgan fingerprint density at radius 3 is 2.50 bits per heavy atom. The lowest BCUT2D eigenvalue weighted by molar-refractivity contribution is 0.0358. The first-order chi connectivity index (χ1) is 16.4. The Labute approximate surface area is 205 Å². The highest BCUT2D eigenvalue weighted by molar-refractivity contribution is 7.80. The van der Waals surface area contributed by atoms with Crippen LogP contribution < -0.4 is 4.74 Å². The molecular weight excluding hydrogens is 452 g/mol. The zero-order chi connectivity index (χ0) is 24.1. The van der Waals surface area contributed by atoms with Crippen molar-refractivity contribution in [1.29, 1.82) is 0 Å². The molecule has 0 amide bonds. The molecule has 34 heavy (non-hydrogen) atoms. The third-order valence-electron chi connectivity index (χ3n) is 5.99. The Hall–Kier alpha value is -2.75. The van der Waals surface area contributed by atoms with Gasteiger partial charge in [-0.25, -0.2) is 0 Å². The fraction of sp³-hybridized carbons (Fsp3) is 0.440. The van der Waals surface area contributed by atoms with Gasteiger partial charge in [0.05, 0.1) is 31.9 Å². The third kappa shape index (κ3) is 5.84. The molecule has 0 bridgehead atoms. The van der Waals surface area contributed by atoms with Crippen LogP contribution in [0, 0.1) is 0 Å². The lowest BCUT2D eigenvalue weighted by Crippen LogP contribution is -2.37. The van der Waals surface area contributed by atoms with Crippen LogP contribution in [0.1, 0.15) is 37.3 Å². The summed E-state index contributed by atoms with van der Waals surface area (Å²) in [6.07, 6.45) is 0.976. The van der Waals surface area contributed by atoms with Crippen molar-refractivity contribution in [2.24, 2.45) is 0 Å². The van der Waals surface area contributed by atoms with Crippen molar-refractivity contribution in [2.45, 2.75) is 37.9 Å². The molecule has 0 aliphatic carbocycles. The number of hydrogen-bond acceptors (Lipinski definition) is 8. The molecule has 0 radical (unpaired) electrons. The van der Waals surface area contributed by atoms with Gasteiger partial charge in [-0.15, -0.1) is 22.8 Å². The van der Waals surface area contributed by atoms with Crippen molar-refractivity contribution in [1.82, 2.24) is 19.7 Å². The molecule has 0 atom stereocenters. The van der Waals surface area contributed by atoms with Crippen LogP contribution in [0.5, 0.6) is 17.2 Å². The van der Waals surface area contributed by atoms with Crippen LogP contribution in [0.25, 0.3) is 11.4 Å². The van der Waals surface area contributed by atoms with Crippen molar-refractivity contribution in [2.75, 3.05) is 39.5 Å². The van der Waals surface area contributed by atoms with E-state index in [1.807, 2.05) is 42.7 Å². The van der Waals surface area contributed by atoms with E-state index in [2.05, 4.69) is 27.7 Å². The second kappa shape index (κ2) is 11.1. The third-order valence-corrected chi connectivity index (χ3v) is 6.33. The molecule has 4 rings (SSSR count). The van der Waals surface area contributed by atoms with Crippen molar-refractivity contribution in [3.63, 3.8) is 0 Å². The molecule has 1 aliphatic rings. The number of rotatable bonds is 9. The first kappa shape index (κ1) is 24.4. The monoisotopic (exact) mass is 484 g/mol. The Morgan fingerprint density at radius 2 is 1.79 bits per heavy atom. The zero-order valence-electron chi connectivity index (χ0n) is 19.6. The second-order valence-electron chi connectivity index (χ2n) is 8.79. The van der Waals surface area contributed by atoms with Crippen LogP contribution in [0.4, 0.5) is 0 Å². The minimum absolute atomic E-state index is 0.0512. The molecule has 1 aromatic heterocycles. The predicted octanol–water partition coefficient (Wildman–Crippen LogP) is 3.92. The molecule has 8 nitrogen and oxygen atoms in total. The normalized spacial score (nSPS) is 14.6. The number of thiol groups is 1. The van der Waals surface area contributed by atoms with E-state index in [0.29, 0.717) is 29.7 Å². The molecule has 0 spiro atoms. The maximum absolute atomic E-state index is 10.5. The van der Waals surface area contributed by atoms with Gasteiger partial charge in [0.1, 0.15) is 17.2 Å². The van der Waals surface area contributed by atoms with Gasteiger partial charge in [0.2, 0.25) is 0 Å². The summed E-state index contributed by atoms with van der Waals surface area (Å²) >= 11 is 4.46. The van der Waals surface area contributed by atoms with Crippen LogP contribution in [0.2, 0.25) is 0 Å². The SMILES string of the molecule is CC(C)c1cc(-c2nnc(S)n2Cc2ccc(OCCCN3CCOCC3)cc2)c(O)cc1O. The highest BCUT2D eigenvalue weighted by Crippen LogP contribution is 2.37. The molecule has 2 heterocycles. The van der Waals surface area contributed by atoms with Crippen LogP contribution in [-0.4, -0.2) is 69.3 Å². The van der Waals surface area contributed by atoms with E-state index < -0.39 is 0 Å². The molecule has 0 saturated carbocycles. The van der Waals surface area contributed by atoms with Gasteiger partial charge in [0.15, 0.2) is 11.0 Å². The summed E-state index contributed by atoms with van der Waals surface area (Å²) in [4.78, 5) is 2.40. The summed E-state index contributed by atoms with van der Waals surface area (Å²) in [6.45, 7) is 9.76. The standard InChI is InChI=1S/C25H32N4O4S/c1-17(2)20-14-21(23(31)15-22(20)30)24-26-27-25(34)29(24)16-18-4-6-19(7-5-18)33-11-3-8-28-9-12-32-13-10-28/h4-7,14-15,17,30-31H,3,8-13,16H2,1-2H3,(H,27,34). The van der Waals surface area contributed by atoms with Gasteiger partial charge in [-0.3, -0.25) is 9.47 Å². The summed E-state index contributed by atoms with van der Waals surface area (Å²) in [5, 5.41) is 29.4. The summed E-state index contributed by atoms with van der Waals surface area (Å²) in [7, 11) is 0. The van der Waals surface area contributed by atoms with Crippen LogP contribution >= 0.6 is 12.6 Å². The van der Waals surface area contributed by atoms with Crippen molar-refractivity contribution < 1.29 is 19.7 Å². The van der Waals surface area contributed by atoms with E-state index in [1.54, 1.807) is 6.07 Å². The number of aromatic nitrogens is 3. The van der Waals surface area contributed by atoms with Crippen molar-refractivity contribution in [3.05, 3.63) is 47.5 Å². The average Bonchev–Trinajstić information content (AvgIpc) is 3.18. The minimum Gasteiger partial charge on any atom is -0.508 e. The maximum atomic E-state index is 10.5. The molecule has 2 N–H and O–H groups in total. The number of nitrogens with zero attached hydrogens (tertiary/aromatic N) is 4. The van der Waals surface area contributed by atoms with E-state index in [9.17, 15) is 10.2 Å². The molecule has 182 valence electrons. The molecule has 2 aromatic carbocycles. The van der Waals surface area contributed by atoms with E-state index in [0.717, 1.165) is 56.1 Å². The number of aromatic hydroxyl groups is 2. The lowest BCUT2D eigenvalue weighted by Gasteiger charge is -2.26. The number of morpholine rings is 1. The number of ether oxygens (including phenoxy) is 2.